The molecule has 142 valence electrons. The Morgan fingerprint density at radius 3 is 2.59 bits per heavy atom. The van der Waals surface area contributed by atoms with Crippen LogP contribution in [0, 0.1) is 20.8 Å². The molecule has 0 spiro atoms. The fourth-order valence-electron chi connectivity index (χ4n) is 3.85. The molecule has 27 heavy (non-hydrogen) atoms. The van der Waals surface area contributed by atoms with Gasteiger partial charge in [-0.1, -0.05) is 12.1 Å². The minimum Gasteiger partial charge on any atom is -0.380 e. The van der Waals surface area contributed by atoms with E-state index in [9.17, 15) is 5.11 Å². The summed E-state index contributed by atoms with van der Waals surface area (Å²) in [6.45, 7) is 10.1. The van der Waals surface area contributed by atoms with Gasteiger partial charge in [-0.15, -0.1) is 0 Å². The van der Waals surface area contributed by atoms with Crippen molar-refractivity contribution in [2.75, 3.05) is 6.54 Å². The summed E-state index contributed by atoms with van der Waals surface area (Å²) < 4.78 is 3.72. The molecule has 3 aromatic rings. The van der Waals surface area contributed by atoms with Crippen LogP contribution in [-0.4, -0.2) is 36.1 Å². The van der Waals surface area contributed by atoms with Gasteiger partial charge < -0.3 is 5.11 Å². The van der Waals surface area contributed by atoms with Crippen molar-refractivity contribution in [2.24, 2.45) is 7.05 Å². The van der Waals surface area contributed by atoms with Gasteiger partial charge >= 0.3 is 0 Å². The minimum atomic E-state index is -0.744. The third-order valence-electron chi connectivity index (χ3n) is 5.66. The Morgan fingerprint density at radius 2 is 1.85 bits per heavy atom. The Morgan fingerprint density at radius 1 is 1.07 bits per heavy atom. The summed E-state index contributed by atoms with van der Waals surface area (Å²) >= 11 is 0. The standard InChI is InChI=1S/C21H27N5O/c1-14-9-16(3)17(10-15(14)2)12-25-7-8-26-18(13-25)11-19(23-26)21(27)20-5-6-22-24(20)4/h5-6,9-11,21,27H,7-8,12-13H2,1-4H3/t21-/m0/s1. The first-order valence-electron chi connectivity index (χ1n) is 9.44. The normalized spacial score (nSPS) is 15.7. The van der Waals surface area contributed by atoms with E-state index in [1.54, 1.807) is 10.9 Å². The SMILES string of the molecule is Cc1cc(C)c(CN2CCn3nc([C@H](O)c4ccnn4C)cc3C2)cc1C. The van der Waals surface area contributed by atoms with Crippen molar-refractivity contribution in [3.05, 3.63) is 69.8 Å². The number of aliphatic hydroxyl groups is 1. The Hall–Kier alpha value is -2.44. The Bertz CT molecular complexity index is 971. The number of aryl methyl sites for hydroxylation is 4. The lowest BCUT2D eigenvalue weighted by molar-refractivity contribution is 0.196. The molecule has 1 N–H and O–H groups in total. The molecule has 6 heteroatoms. The highest BCUT2D eigenvalue weighted by molar-refractivity contribution is 5.36. The van der Waals surface area contributed by atoms with E-state index in [-0.39, 0.29) is 0 Å². The zero-order chi connectivity index (χ0) is 19.1. The predicted molar refractivity (Wildman–Crippen MR) is 104 cm³/mol. The van der Waals surface area contributed by atoms with E-state index in [4.69, 9.17) is 0 Å². The minimum absolute atomic E-state index is 0.692. The maximum absolute atomic E-state index is 10.7. The quantitative estimate of drug-likeness (QED) is 0.772. The van der Waals surface area contributed by atoms with E-state index in [1.165, 1.54) is 22.3 Å². The van der Waals surface area contributed by atoms with Gasteiger partial charge in [0.05, 0.1) is 23.6 Å². The number of hydrogen-bond donors (Lipinski definition) is 1. The lowest BCUT2D eigenvalue weighted by Crippen LogP contribution is -2.33. The average molecular weight is 365 g/mol. The van der Waals surface area contributed by atoms with Crippen molar-refractivity contribution >= 4 is 0 Å². The first-order chi connectivity index (χ1) is 12.9. The second-order valence-corrected chi connectivity index (χ2v) is 7.64. The van der Waals surface area contributed by atoms with Crippen LogP contribution in [0.4, 0.5) is 0 Å². The molecule has 0 fully saturated rings. The maximum Gasteiger partial charge on any atom is 0.139 e. The molecular formula is C21H27N5O. The van der Waals surface area contributed by atoms with Crippen LogP contribution in [0.3, 0.4) is 0 Å². The first-order valence-corrected chi connectivity index (χ1v) is 9.44. The van der Waals surface area contributed by atoms with Gasteiger partial charge in [-0.25, -0.2) is 0 Å². The van der Waals surface area contributed by atoms with Gasteiger partial charge in [-0.3, -0.25) is 14.3 Å². The van der Waals surface area contributed by atoms with E-state index in [0.717, 1.165) is 37.6 Å². The van der Waals surface area contributed by atoms with E-state index in [1.807, 2.05) is 23.9 Å². The number of aliphatic hydroxyl groups excluding tert-OH is 1. The van der Waals surface area contributed by atoms with Gasteiger partial charge in [0.15, 0.2) is 0 Å². The largest absolute Gasteiger partial charge is 0.380 e. The molecular weight excluding hydrogens is 338 g/mol. The van der Waals surface area contributed by atoms with E-state index in [2.05, 4.69) is 48.0 Å². The van der Waals surface area contributed by atoms with Gasteiger partial charge in [0, 0.05) is 32.9 Å². The summed E-state index contributed by atoms with van der Waals surface area (Å²) in [6.07, 6.45) is 0.952. The number of hydrogen-bond acceptors (Lipinski definition) is 4. The maximum atomic E-state index is 10.7. The van der Waals surface area contributed by atoms with Crippen LogP contribution in [0.2, 0.25) is 0 Å². The average Bonchev–Trinajstić information content (AvgIpc) is 3.24. The second-order valence-electron chi connectivity index (χ2n) is 7.64. The summed E-state index contributed by atoms with van der Waals surface area (Å²) in [4.78, 5) is 2.45. The van der Waals surface area contributed by atoms with Gasteiger partial charge in [-0.05, 0) is 55.2 Å². The van der Waals surface area contributed by atoms with Crippen molar-refractivity contribution in [3.8, 4) is 0 Å². The molecule has 1 aliphatic heterocycles. The van der Waals surface area contributed by atoms with E-state index < -0.39 is 6.10 Å². The molecule has 0 unspecified atom stereocenters. The van der Waals surface area contributed by atoms with Crippen molar-refractivity contribution in [1.82, 2.24) is 24.5 Å². The van der Waals surface area contributed by atoms with Crippen LogP contribution in [-0.2, 0) is 26.7 Å². The Labute approximate surface area is 160 Å². The first kappa shape index (κ1) is 17.9. The Kier molecular flexibility index (Phi) is 4.61. The summed E-state index contributed by atoms with van der Waals surface area (Å²) in [5, 5.41) is 19.4. The third-order valence-corrected chi connectivity index (χ3v) is 5.66. The molecule has 2 aromatic heterocycles. The third kappa shape index (κ3) is 3.42. The van der Waals surface area contributed by atoms with E-state index in [0.29, 0.717) is 5.69 Å². The van der Waals surface area contributed by atoms with Crippen LogP contribution in [0.15, 0.2) is 30.5 Å². The van der Waals surface area contributed by atoms with Crippen molar-refractivity contribution in [3.63, 3.8) is 0 Å². The highest BCUT2D eigenvalue weighted by Crippen LogP contribution is 2.24. The smallest absolute Gasteiger partial charge is 0.139 e. The van der Waals surface area contributed by atoms with Crippen molar-refractivity contribution in [1.29, 1.82) is 0 Å². The molecule has 0 amide bonds. The molecule has 1 aliphatic rings. The summed E-state index contributed by atoms with van der Waals surface area (Å²) in [5.74, 6) is 0. The topological polar surface area (TPSA) is 59.1 Å². The molecule has 3 heterocycles. The van der Waals surface area contributed by atoms with Crippen LogP contribution in [0.1, 0.15) is 45.4 Å². The molecule has 0 radical (unpaired) electrons. The number of benzene rings is 1. The molecule has 6 nitrogen and oxygen atoms in total. The monoisotopic (exact) mass is 365 g/mol. The summed E-state index contributed by atoms with van der Waals surface area (Å²) in [5.41, 5.74) is 8.04. The fraction of sp³-hybridized carbons (Fsp3) is 0.429. The zero-order valence-corrected chi connectivity index (χ0v) is 16.5. The lowest BCUT2D eigenvalue weighted by Gasteiger charge is -2.28. The molecule has 0 aliphatic carbocycles. The number of rotatable bonds is 4. The van der Waals surface area contributed by atoms with Crippen LogP contribution in [0.5, 0.6) is 0 Å². The lowest BCUT2D eigenvalue weighted by atomic mass is 10.0. The van der Waals surface area contributed by atoms with Crippen molar-refractivity contribution in [2.45, 2.75) is 46.5 Å². The molecule has 0 bridgehead atoms. The van der Waals surface area contributed by atoms with Gasteiger partial charge in [0.25, 0.3) is 0 Å². The molecule has 0 saturated heterocycles. The number of nitrogens with zero attached hydrogens (tertiary/aromatic N) is 5. The molecule has 1 atom stereocenters. The van der Waals surface area contributed by atoms with Crippen LogP contribution in [0.25, 0.3) is 0 Å². The predicted octanol–water partition coefficient (Wildman–Crippen LogP) is 2.64. The Balaban J connectivity index is 1.52. The molecule has 4 rings (SSSR count). The van der Waals surface area contributed by atoms with Crippen LogP contribution < -0.4 is 0 Å². The summed E-state index contributed by atoms with van der Waals surface area (Å²) in [7, 11) is 1.84. The number of aromatic nitrogens is 4. The van der Waals surface area contributed by atoms with Crippen LogP contribution >= 0.6 is 0 Å². The highest BCUT2D eigenvalue weighted by atomic mass is 16.3. The van der Waals surface area contributed by atoms with Gasteiger partial charge in [-0.2, -0.15) is 10.2 Å². The second kappa shape index (κ2) is 6.94. The van der Waals surface area contributed by atoms with Gasteiger partial charge in [0.2, 0.25) is 0 Å². The van der Waals surface area contributed by atoms with E-state index >= 15 is 0 Å². The summed E-state index contributed by atoms with van der Waals surface area (Å²) in [6, 6.07) is 8.45. The molecule has 1 aromatic carbocycles. The fourth-order valence-corrected chi connectivity index (χ4v) is 3.85. The zero-order valence-electron chi connectivity index (χ0n) is 16.5. The van der Waals surface area contributed by atoms with Gasteiger partial charge in [0.1, 0.15) is 6.10 Å². The van der Waals surface area contributed by atoms with Crippen molar-refractivity contribution < 1.29 is 5.11 Å². The highest BCUT2D eigenvalue weighted by Gasteiger charge is 2.23. The number of fused-ring (bicyclic) bond motifs is 1. The molecule has 0 saturated carbocycles.